The SMILES string of the molecule is CCCn1cc(OCc2csc(CC)n2)cn1. The van der Waals surface area contributed by atoms with E-state index in [-0.39, 0.29) is 0 Å². The summed E-state index contributed by atoms with van der Waals surface area (Å²) < 4.78 is 7.53. The van der Waals surface area contributed by atoms with E-state index in [0.717, 1.165) is 35.8 Å². The normalized spacial score (nSPS) is 10.7. The Labute approximate surface area is 105 Å². The van der Waals surface area contributed by atoms with E-state index in [1.807, 2.05) is 10.9 Å². The molecule has 4 nitrogen and oxygen atoms in total. The van der Waals surface area contributed by atoms with Gasteiger partial charge in [0.15, 0.2) is 5.75 Å². The first kappa shape index (κ1) is 12.1. The number of rotatable bonds is 6. The third-order valence-corrected chi connectivity index (χ3v) is 3.39. The van der Waals surface area contributed by atoms with Crippen LogP contribution in [-0.2, 0) is 19.6 Å². The van der Waals surface area contributed by atoms with E-state index < -0.39 is 0 Å². The number of hydrogen-bond acceptors (Lipinski definition) is 4. The smallest absolute Gasteiger partial charge is 0.157 e. The second kappa shape index (κ2) is 5.82. The molecule has 0 fully saturated rings. The molecule has 0 N–H and O–H groups in total. The minimum absolute atomic E-state index is 0.522. The fourth-order valence-corrected chi connectivity index (χ4v) is 2.23. The fraction of sp³-hybridized carbons (Fsp3) is 0.500. The minimum Gasteiger partial charge on any atom is -0.484 e. The predicted octanol–water partition coefficient (Wildman–Crippen LogP) is 2.89. The summed E-state index contributed by atoms with van der Waals surface area (Å²) in [4.78, 5) is 4.45. The van der Waals surface area contributed by atoms with Gasteiger partial charge in [-0.05, 0) is 12.8 Å². The zero-order chi connectivity index (χ0) is 12.1. The van der Waals surface area contributed by atoms with Gasteiger partial charge in [-0.15, -0.1) is 11.3 Å². The summed E-state index contributed by atoms with van der Waals surface area (Å²) in [5.41, 5.74) is 0.995. The van der Waals surface area contributed by atoms with Crippen LogP contribution < -0.4 is 4.74 Å². The highest BCUT2D eigenvalue weighted by Gasteiger charge is 2.03. The Morgan fingerprint density at radius 3 is 3.00 bits per heavy atom. The molecule has 0 spiro atoms. The number of thiazole rings is 1. The summed E-state index contributed by atoms with van der Waals surface area (Å²) >= 11 is 1.69. The molecule has 17 heavy (non-hydrogen) atoms. The Hall–Kier alpha value is -1.36. The molecule has 0 bridgehead atoms. The molecule has 0 saturated heterocycles. The van der Waals surface area contributed by atoms with E-state index >= 15 is 0 Å². The van der Waals surface area contributed by atoms with Crippen LogP contribution in [0.5, 0.6) is 5.75 Å². The molecule has 0 radical (unpaired) electrons. The molecule has 0 aliphatic carbocycles. The van der Waals surface area contributed by atoms with Crippen LogP contribution >= 0.6 is 11.3 Å². The van der Waals surface area contributed by atoms with Crippen molar-refractivity contribution in [2.75, 3.05) is 0 Å². The number of ether oxygens (including phenoxy) is 1. The van der Waals surface area contributed by atoms with Crippen molar-refractivity contribution < 1.29 is 4.74 Å². The Kier molecular flexibility index (Phi) is 4.14. The van der Waals surface area contributed by atoms with E-state index in [1.54, 1.807) is 17.5 Å². The highest BCUT2D eigenvalue weighted by atomic mass is 32.1. The summed E-state index contributed by atoms with van der Waals surface area (Å²) in [5, 5.41) is 7.42. The maximum Gasteiger partial charge on any atom is 0.157 e. The summed E-state index contributed by atoms with van der Waals surface area (Å²) in [6.07, 6.45) is 5.74. The van der Waals surface area contributed by atoms with Crippen LogP contribution in [0.4, 0.5) is 0 Å². The lowest BCUT2D eigenvalue weighted by atomic mass is 10.5. The van der Waals surface area contributed by atoms with Crippen LogP contribution in [0.15, 0.2) is 17.8 Å². The standard InChI is InChI=1S/C12H17N3OS/c1-3-5-15-7-11(6-13-15)16-8-10-9-17-12(4-2)14-10/h6-7,9H,3-5,8H2,1-2H3. The van der Waals surface area contributed by atoms with Crippen molar-refractivity contribution in [1.82, 2.24) is 14.8 Å². The molecule has 0 aliphatic heterocycles. The van der Waals surface area contributed by atoms with Crippen LogP contribution in [-0.4, -0.2) is 14.8 Å². The molecule has 2 aromatic rings. The lowest BCUT2D eigenvalue weighted by molar-refractivity contribution is 0.301. The van der Waals surface area contributed by atoms with Crippen molar-refractivity contribution in [3.05, 3.63) is 28.5 Å². The van der Waals surface area contributed by atoms with Gasteiger partial charge in [-0.3, -0.25) is 4.68 Å². The molecule has 0 saturated carbocycles. The first-order valence-electron chi connectivity index (χ1n) is 5.90. The van der Waals surface area contributed by atoms with Gasteiger partial charge in [0.1, 0.15) is 6.61 Å². The molecule has 92 valence electrons. The van der Waals surface area contributed by atoms with Crippen LogP contribution in [0.3, 0.4) is 0 Å². The van der Waals surface area contributed by atoms with Crippen molar-refractivity contribution >= 4 is 11.3 Å². The van der Waals surface area contributed by atoms with Gasteiger partial charge in [0, 0.05) is 11.9 Å². The average Bonchev–Trinajstić information content (AvgIpc) is 2.95. The molecule has 0 amide bonds. The average molecular weight is 251 g/mol. The highest BCUT2D eigenvalue weighted by molar-refractivity contribution is 7.09. The number of nitrogens with zero attached hydrogens (tertiary/aromatic N) is 3. The third-order valence-electron chi connectivity index (χ3n) is 2.35. The van der Waals surface area contributed by atoms with E-state index in [9.17, 15) is 0 Å². The van der Waals surface area contributed by atoms with Gasteiger partial charge < -0.3 is 4.74 Å². The van der Waals surface area contributed by atoms with Crippen LogP contribution in [0.25, 0.3) is 0 Å². The summed E-state index contributed by atoms with van der Waals surface area (Å²) in [6.45, 7) is 5.69. The zero-order valence-corrected chi connectivity index (χ0v) is 11.0. The van der Waals surface area contributed by atoms with E-state index in [0.29, 0.717) is 6.61 Å². The monoisotopic (exact) mass is 251 g/mol. The van der Waals surface area contributed by atoms with Crippen molar-refractivity contribution in [1.29, 1.82) is 0 Å². The number of aryl methyl sites for hydroxylation is 2. The minimum atomic E-state index is 0.522. The highest BCUT2D eigenvalue weighted by Crippen LogP contribution is 2.14. The third kappa shape index (κ3) is 3.30. The van der Waals surface area contributed by atoms with Gasteiger partial charge in [0.25, 0.3) is 0 Å². The van der Waals surface area contributed by atoms with Crippen molar-refractivity contribution in [3.8, 4) is 5.75 Å². The molecule has 0 atom stereocenters. The van der Waals surface area contributed by atoms with Gasteiger partial charge >= 0.3 is 0 Å². The maximum absolute atomic E-state index is 5.64. The van der Waals surface area contributed by atoms with E-state index in [4.69, 9.17) is 4.74 Å². The van der Waals surface area contributed by atoms with Crippen LogP contribution in [0.1, 0.15) is 31.0 Å². The second-order valence-corrected chi connectivity index (χ2v) is 4.76. The molecule has 0 aromatic carbocycles. The van der Waals surface area contributed by atoms with Gasteiger partial charge in [0.05, 0.1) is 23.1 Å². The quantitative estimate of drug-likeness (QED) is 0.792. The second-order valence-electron chi connectivity index (χ2n) is 3.81. The Morgan fingerprint density at radius 1 is 1.41 bits per heavy atom. The summed E-state index contributed by atoms with van der Waals surface area (Å²) in [5.74, 6) is 0.810. The number of hydrogen-bond donors (Lipinski definition) is 0. The molecule has 2 aromatic heterocycles. The van der Waals surface area contributed by atoms with Crippen LogP contribution in [0.2, 0.25) is 0 Å². The Morgan fingerprint density at radius 2 is 2.29 bits per heavy atom. The Balaban J connectivity index is 1.88. The molecular weight excluding hydrogens is 234 g/mol. The van der Waals surface area contributed by atoms with Crippen molar-refractivity contribution in [3.63, 3.8) is 0 Å². The topological polar surface area (TPSA) is 39.9 Å². The van der Waals surface area contributed by atoms with Gasteiger partial charge in [0.2, 0.25) is 0 Å². The summed E-state index contributed by atoms with van der Waals surface area (Å²) in [7, 11) is 0. The van der Waals surface area contributed by atoms with Gasteiger partial charge in [-0.2, -0.15) is 5.10 Å². The molecule has 2 heterocycles. The fourth-order valence-electron chi connectivity index (χ4n) is 1.51. The van der Waals surface area contributed by atoms with Gasteiger partial charge in [-0.25, -0.2) is 4.98 Å². The van der Waals surface area contributed by atoms with Crippen molar-refractivity contribution in [2.45, 2.75) is 39.8 Å². The molecule has 0 aliphatic rings. The maximum atomic E-state index is 5.64. The molecule has 0 unspecified atom stereocenters. The predicted molar refractivity (Wildman–Crippen MR) is 68.3 cm³/mol. The number of aromatic nitrogens is 3. The lowest BCUT2D eigenvalue weighted by Crippen LogP contribution is -1.97. The molecular formula is C12H17N3OS. The molecule has 2 rings (SSSR count). The Bertz CT molecular complexity index is 464. The van der Waals surface area contributed by atoms with Crippen LogP contribution in [0, 0.1) is 0 Å². The largest absolute Gasteiger partial charge is 0.484 e. The van der Waals surface area contributed by atoms with E-state index in [1.165, 1.54) is 0 Å². The first-order chi connectivity index (χ1) is 8.31. The molecule has 5 heteroatoms. The first-order valence-corrected chi connectivity index (χ1v) is 6.78. The van der Waals surface area contributed by atoms with Gasteiger partial charge in [-0.1, -0.05) is 13.8 Å². The van der Waals surface area contributed by atoms with E-state index in [2.05, 4.69) is 29.3 Å². The lowest BCUT2D eigenvalue weighted by Gasteiger charge is -1.99. The van der Waals surface area contributed by atoms with Crippen molar-refractivity contribution in [2.24, 2.45) is 0 Å². The summed E-state index contributed by atoms with van der Waals surface area (Å²) in [6, 6.07) is 0. The zero-order valence-electron chi connectivity index (χ0n) is 10.2.